The lowest BCUT2D eigenvalue weighted by atomic mass is 9.87. The third-order valence-corrected chi connectivity index (χ3v) is 2.09. The molecular formula is C8H13NO. The minimum Gasteiger partial charge on any atom is -0.381 e. The molecule has 0 amide bonds. The van der Waals surface area contributed by atoms with Crippen LogP contribution in [-0.4, -0.2) is 18.8 Å². The van der Waals surface area contributed by atoms with Crippen LogP contribution in [0.1, 0.15) is 13.3 Å². The molecule has 1 rings (SSSR count). The van der Waals surface area contributed by atoms with E-state index in [1.54, 1.807) is 0 Å². The molecular weight excluding hydrogens is 126 g/mol. The van der Waals surface area contributed by atoms with Gasteiger partial charge in [0.25, 0.3) is 0 Å². The Kier molecular flexibility index (Phi) is 1.98. The summed E-state index contributed by atoms with van der Waals surface area (Å²) in [6.45, 7) is 3.41. The van der Waals surface area contributed by atoms with Crippen LogP contribution in [-0.2, 0) is 4.74 Å². The van der Waals surface area contributed by atoms with Crippen LogP contribution in [0, 0.1) is 18.3 Å². The molecule has 2 nitrogen and oxygen atoms in total. The quantitative estimate of drug-likeness (QED) is 0.533. The normalized spacial score (nSPS) is 31.1. The second kappa shape index (κ2) is 2.61. The minimum atomic E-state index is -0.476. The number of rotatable bonds is 1. The summed E-state index contributed by atoms with van der Waals surface area (Å²) in [4.78, 5) is 0. The predicted molar refractivity (Wildman–Crippen MR) is 40.4 cm³/mol. The maximum Gasteiger partial charge on any atom is 0.0796 e. The third kappa shape index (κ3) is 1.31. The average Bonchev–Trinajstić information content (AvgIpc) is 2.38. The molecule has 1 aliphatic heterocycles. The maximum absolute atomic E-state index is 5.81. The molecule has 2 atom stereocenters. The van der Waals surface area contributed by atoms with Gasteiger partial charge in [-0.15, -0.1) is 6.42 Å². The van der Waals surface area contributed by atoms with E-state index >= 15 is 0 Å². The zero-order valence-electron chi connectivity index (χ0n) is 6.26. The van der Waals surface area contributed by atoms with Crippen LogP contribution in [0.4, 0.5) is 0 Å². The largest absolute Gasteiger partial charge is 0.381 e. The van der Waals surface area contributed by atoms with E-state index in [0.717, 1.165) is 19.6 Å². The molecule has 1 aliphatic rings. The summed E-state index contributed by atoms with van der Waals surface area (Å²) in [5.41, 5.74) is 5.33. The van der Waals surface area contributed by atoms with Crippen LogP contribution < -0.4 is 5.73 Å². The van der Waals surface area contributed by atoms with Crippen LogP contribution in [0.5, 0.6) is 0 Å². The van der Waals surface area contributed by atoms with Gasteiger partial charge < -0.3 is 10.5 Å². The van der Waals surface area contributed by atoms with Crippen molar-refractivity contribution in [1.29, 1.82) is 0 Å². The smallest absolute Gasteiger partial charge is 0.0796 e. The van der Waals surface area contributed by atoms with Crippen molar-refractivity contribution in [2.75, 3.05) is 13.2 Å². The van der Waals surface area contributed by atoms with Crippen molar-refractivity contribution in [3.05, 3.63) is 0 Å². The second-order valence-corrected chi connectivity index (χ2v) is 2.99. The lowest BCUT2D eigenvalue weighted by Gasteiger charge is -2.23. The molecule has 1 fully saturated rings. The molecule has 0 aliphatic carbocycles. The molecule has 0 aromatic carbocycles. The van der Waals surface area contributed by atoms with Crippen molar-refractivity contribution in [2.45, 2.75) is 18.9 Å². The van der Waals surface area contributed by atoms with Gasteiger partial charge in [-0.2, -0.15) is 0 Å². The van der Waals surface area contributed by atoms with Gasteiger partial charge >= 0.3 is 0 Å². The van der Waals surface area contributed by atoms with Gasteiger partial charge in [-0.3, -0.25) is 0 Å². The summed E-state index contributed by atoms with van der Waals surface area (Å²) >= 11 is 0. The number of terminal acetylenes is 1. The van der Waals surface area contributed by atoms with Crippen LogP contribution in [0.2, 0.25) is 0 Å². The van der Waals surface area contributed by atoms with E-state index in [9.17, 15) is 0 Å². The Balaban J connectivity index is 2.56. The number of hydrogen-bond acceptors (Lipinski definition) is 2. The van der Waals surface area contributed by atoms with E-state index in [1.165, 1.54) is 0 Å². The van der Waals surface area contributed by atoms with Gasteiger partial charge in [0, 0.05) is 12.5 Å². The first-order valence-corrected chi connectivity index (χ1v) is 3.51. The Labute approximate surface area is 61.7 Å². The first kappa shape index (κ1) is 7.59. The molecule has 56 valence electrons. The van der Waals surface area contributed by atoms with Gasteiger partial charge in [0.05, 0.1) is 12.1 Å². The highest BCUT2D eigenvalue weighted by Gasteiger charge is 2.31. The standard InChI is InChI=1S/C8H13NO/c1-3-8(2,9)7-4-5-10-6-7/h1,7H,4-6,9H2,2H3. The topological polar surface area (TPSA) is 35.2 Å². The van der Waals surface area contributed by atoms with Crippen molar-refractivity contribution < 1.29 is 4.74 Å². The van der Waals surface area contributed by atoms with Gasteiger partial charge in [0.2, 0.25) is 0 Å². The van der Waals surface area contributed by atoms with Gasteiger partial charge in [-0.25, -0.2) is 0 Å². The van der Waals surface area contributed by atoms with E-state index in [0.29, 0.717) is 5.92 Å². The molecule has 0 bridgehead atoms. The van der Waals surface area contributed by atoms with Crippen LogP contribution in [0.3, 0.4) is 0 Å². The fourth-order valence-corrected chi connectivity index (χ4v) is 1.13. The summed E-state index contributed by atoms with van der Waals surface area (Å²) < 4.78 is 5.17. The molecule has 1 heterocycles. The van der Waals surface area contributed by atoms with Gasteiger partial charge in [0.1, 0.15) is 0 Å². The first-order chi connectivity index (χ1) is 4.67. The maximum atomic E-state index is 5.81. The number of hydrogen-bond donors (Lipinski definition) is 1. The Morgan fingerprint density at radius 2 is 2.50 bits per heavy atom. The first-order valence-electron chi connectivity index (χ1n) is 3.51. The summed E-state index contributed by atoms with van der Waals surface area (Å²) in [6, 6.07) is 0. The van der Waals surface area contributed by atoms with E-state index in [4.69, 9.17) is 16.9 Å². The summed E-state index contributed by atoms with van der Waals surface area (Å²) in [5, 5.41) is 0. The van der Waals surface area contributed by atoms with E-state index < -0.39 is 5.54 Å². The number of nitrogens with two attached hydrogens (primary N) is 1. The highest BCUT2D eigenvalue weighted by Crippen LogP contribution is 2.22. The zero-order valence-corrected chi connectivity index (χ0v) is 6.26. The Morgan fingerprint density at radius 3 is 2.90 bits per heavy atom. The zero-order chi connectivity index (χ0) is 7.61. The van der Waals surface area contributed by atoms with Crippen LogP contribution in [0.25, 0.3) is 0 Å². The highest BCUT2D eigenvalue weighted by molar-refractivity contribution is 5.12. The molecule has 0 radical (unpaired) electrons. The predicted octanol–water partition coefficient (Wildman–Crippen LogP) is 0.373. The Morgan fingerprint density at radius 1 is 1.80 bits per heavy atom. The number of ether oxygens (including phenoxy) is 1. The fourth-order valence-electron chi connectivity index (χ4n) is 1.13. The molecule has 0 saturated carbocycles. The second-order valence-electron chi connectivity index (χ2n) is 2.99. The van der Waals surface area contributed by atoms with Gasteiger partial charge in [-0.05, 0) is 13.3 Å². The molecule has 0 aromatic heterocycles. The van der Waals surface area contributed by atoms with E-state index in [1.807, 2.05) is 6.92 Å². The molecule has 0 aromatic rings. The summed E-state index contributed by atoms with van der Waals surface area (Å²) in [7, 11) is 0. The van der Waals surface area contributed by atoms with Crippen LogP contribution in [0.15, 0.2) is 0 Å². The van der Waals surface area contributed by atoms with Crippen LogP contribution >= 0.6 is 0 Å². The molecule has 2 N–H and O–H groups in total. The Bertz CT molecular complexity index is 151. The van der Waals surface area contributed by atoms with Gasteiger partial charge in [0.15, 0.2) is 0 Å². The third-order valence-electron chi connectivity index (χ3n) is 2.09. The molecule has 0 spiro atoms. The van der Waals surface area contributed by atoms with Crippen molar-refractivity contribution >= 4 is 0 Å². The van der Waals surface area contributed by atoms with Gasteiger partial charge in [-0.1, -0.05) is 5.92 Å². The molecule has 2 heteroatoms. The van der Waals surface area contributed by atoms with E-state index in [2.05, 4.69) is 5.92 Å². The lowest BCUT2D eigenvalue weighted by Crippen LogP contribution is -2.42. The van der Waals surface area contributed by atoms with Crippen molar-refractivity contribution in [3.63, 3.8) is 0 Å². The fraction of sp³-hybridized carbons (Fsp3) is 0.750. The average molecular weight is 139 g/mol. The van der Waals surface area contributed by atoms with E-state index in [-0.39, 0.29) is 0 Å². The molecule has 1 saturated heterocycles. The highest BCUT2D eigenvalue weighted by atomic mass is 16.5. The Hall–Kier alpha value is -0.520. The molecule has 10 heavy (non-hydrogen) atoms. The SMILES string of the molecule is C#CC(C)(N)C1CCOC1. The lowest BCUT2D eigenvalue weighted by molar-refractivity contribution is 0.176. The van der Waals surface area contributed by atoms with Crippen molar-refractivity contribution in [3.8, 4) is 12.3 Å². The van der Waals surface area contributed by atoms with Crippen molar-refractivity contribution in [1.82, 2.24) is 0 Å². The summed E-state index contributed by atoms with van der Waals surface area (Å²) in [6.07, 6.45) is 6.25. The monoisotopic (exact) mass is 139 g/mol. The molecule has 2 unspecified atom stereocenters. The summed E-state index contributed by atoms with van der Waals surface area (Å²) in [5.74, 6) is 2.93. The van der Waals surface area contributed by atoms with Crippen molar-refractivity contribution in [2.24, 2.45) is 11.7 Å². The minimum absolute atomic E-state index is 0.345.